The predicted molar refractivity (Wildman–Crippen MR) is 117 cm³/mol. The van der Waals surface area contributed by atoms with Gasteiger partial charge in [-0.05, 0) is 47.1 Å². The number of likely N-dealkylation sites (tertiary alicyclic amines) is 1. The van der Waals surface area contributed by atoms with Gasteiger partial charge in [0, 0.05) is 51.7 Å². The molecule has 2 N–H and O–H groups in total. The van der Waals surface area contributed by atoms with Crippen LogP contribution in [0.3, 0.4) is 0 Å². The van der Waals surface area contributed by atoms with E-state index in [0.717, 1.165) is 70.9 Å². The van der Waals surface area contributed by atoms with E-state index in [0.29, 0.717) is 11.9 Å². The van der Waals surface area contributed by atoms with Crippen LogP contribution in [0.5, 0.6) is 0 Å². The van der Waals surface area contributed by atoms with Gasteiger partial charge in [0.05, 0.1) is 0 Å². The van der Waals surface area contributed by atoms with E-state index in [4.69, 9.17) is 0 Å². The van der Waals surface area contributed by atoms with E-state index in [1.54, 1.807) is 0 Å². The second-order valence-electron chi connectivity index (χ2n) is 6.81. The lowest BCUT2D eigenvalue weighted by atomic mass is 10.2. The first kappa shape index (κ1) is 24.4. The Morgan fingerprint density at radius 3 is 2.72 bits per heavy atom. The van der Waals surface area contributed by atoms with E-state index in [-0.39, 0.29) is 24.0 Å². The van der Waals surface area contributed by atoms with Gasteiger partial charge in [-0.2, -0.15) is 0 Å². The second kappa shape index (κ2) is 14.6. The van der Waals surface area contributed by atoms with Crippen molar-refractivity contribution >= 4 is 35.8 Å². The maximum atomic E-state index is 12.0. The number of nitrogens with zero attached hydrogens (tertiary/aromatic N) is 3. The van der Waals surface area contributed by atoms with Crippen LogP contribution in [0.1, 0.15) is 52.9 Å². The van der Waals surface area contributed by atoms with Crippen LogP contribution < -0.4 is 10.6 Å². The molecule has 1 rings (SSSR count). The zero-order valence-electron chi connectivity index (χ0n) is 16.5. The molecule has 0 aromatic carbocycles. The lowest BCUT2D eigenvalue weighted by molar-refractivity contribution is -0.130. The first-order valence-electron chi connectivity index (χ1n) is 9.54. The Balaban J connectivity index is 0.00000576. The third-order valence-corrected chi connectivity index (χ3v) is 4.51. The summed E-state index contributed by atoms with van der Waals surface area (Å²) in [5.74, 6) is 1.19. The van der Waals surface area contributed by atoms with Gasteiger partial charge in [-0.1, -0.05) is 6.42 Å². The summed E-state index contributed by atoms with van der Waals surface area (Å²) in [5, 5.41) is 6.66. The molecule has 1 fully saturated rings. The van der Waals surface area contributed by atoms with Gasteiger partial charge in [0.2, 0.25) is 5.91 Å². The number of likely N-dealkylation sites (N-methyl/N-ethyl adjacent to an activating group) is 1. The number of hydrogen-bond acceptors (Lipinski definition) is 3. The van der Waals surface area contributed by atoms with Gasteiger partial charge >= 0.3 is 0 Å². The Morgan fingerprint density at radius 1 is 1.28 bits per heavy atom. The number of carbonyl (C=O) groups excluding carboxylic acids is 1. The summed E-state index contributed by atoms with van der Waals surface area (Å²) in [6.45, 7) is 11.7. The lowest BCUT2D eigenvalue weighted by Crippen LogP contribution is -2.42. The summed E-state index contributed by atoms with van der Waals surface area (Å²) in [5.41, 5.74) is 0. The number of guanidine groups is 1. The van der Waals surface area contributed by atoms with Crippen molar-refractivity contribution in [2.45, 2.75) is 58.9 Å². The van der Waals surface area contributed by atoms with Crippen molar-refractivity contribution < 1.29 is 4.79 Å². The molecule has 7 heteroatoms. The van der Waals surface area contributed by atoms with Crippen molar-refractivity contribution in [2.75, 3.05) is 46.3 Å². The third-order valence-electron chi connectivity index (χ3n) is 4.51. The molecule has 0 radical (unpaired) electrons. The molecule has 1 heterocycles. The van der Waals surface area contributed by atoms with Gasteiger partial charge < -0.3 is 20.4 Å². The van der Waals surface area contributed by atoms with Crippen molar-refractivity contribution in [3.05, 3.63) is 0 Å². The molecular weight excluding hydrogens is 429 g/mol. The van der Waals surface area contributed by atoms with Crippen LogP contribution in [0.15, 0.2) is 4.99 Å². The van der Waals surface area contributed by atoms with Gasteiger partial charge in [0.25, 0.3) is 0 Å². The monoisotopic (exact) mass is 467 g/mol. The number of carbonyl (C=O) groups is 1. The quantitative estimate of drug-likeness (QED) is 0.237. The van der Waals surface area contributed by atoms with Crippen LogP contribution >= 0.6 is 24.0 Å². The highest BCUT2D eigenvalue weighted by Crippen LogP contribution is 2.11. The molecular formula is C18H38IN5O. The first-order valence-corrected chi connectivity index (χ1v) is 9.54. The minimum Gasteiger partial charge on any atom is -0.357 e. The van der Waals surface area contributed by atoms with E-state index in [1.165, 1.54) is 6.42 Å². The molecule has 0 bridgehead atoms. The molecule has 0 aromatic rings. The van der Waals surface area contributed by atoms with Crippen molar-refractivity contribution in [2.24, 2.45) is 4.99 Å². The Kier molecular flexibility index (Phi) is 14.3. The van der Waals surface area contributed by atoms with Crippen LogP contribution in [0.4, 0.5) is 0 Å². The smallest absolute Gasteiger partial charge is 0.222 e. The first-order chi connectivity index (χ1) is 11.5. The standard InChI is InChI=1S/C18H37N5O.HI/c1-5-19-18(21-12-15-22(4)16(2)3)20-11-9-14-23-13-8-6-7-10-17(23)24;/h16H,5-15H2,1-4H3,(H2,19,20,21);1H. The van der Waals surface area contributed by atoms with Crippen molar-refractivity contribution in [3.63, 3.8) is 0 Å². The van der Waals surface area contributed by atoms with E-state index in [1.807, 2.05) is 4.90 Å². The highest BCUT2D eigenvalue weighted by atomic mass is 127. The van der Waals surface area contributed by atoms with Crippen molar-refractivity contribution in [1.82, 2.24) is 20.4 Å². The van der Waals surface area contributed by atoms with Gasteiger partial charge in [-0.3, -0.25) is 9.79 Å². The largest absolute Gasteiger partial charge is 0.357 e. The second-order valence-corrected chi connectivity index (χ2v) is 6.81. The summed E-state index contributed by atoms with van der Waals surface area (Å²) in [6, 6.07) is 0.553. The van der Waals surface area contributed by atoms with E-state index >= 15 is 0 Å². The average Bonchev–Trinajstić information content (AvgIpc) is 2.75. The summed E-state index contributed by atoms with van der Waals surface area (Å²) in [4.78, 5) is 20.9. The summed E-state index contributed by atoms with van der Waals surface area (Å²) < 4.78 is 0. The highest BCUT2D eigenvalue weighted by molar-refractivity contribution is 14.0. The van der Waals surface area contributed by atoms with Crippen LogP contribution in [0.25, 0.3) is 0 Å². The average molecular weight is 467 g/mol. The number of rotatable bonds is 9. The van der Waals surface area contributed by atoms with Gasteiger partial charge in [-0.25, -0.2) is 0 Å². The van der Waals surface area contributed by atoms with Crippen LogP contribution in [0, 0.1) is 0 Å². The van der Waals surface area contributed by atoms with Gasteiger partial charge in [0.15, 0.2) is 5.96 Å². The Labute approximate surface area is 171 Å². The fraction of sp³-hybridized carbons (Fsp3) is 0.889. The fourth-order valence-corrected chi connectivity index (χ4v) is 2.68. The summed E-state index contributed by atoms with van der Waals surface area (Å²) >= 11 is 0. The minimum absolute atomic E-state index is 0. The molecule has 1 aliphatic heterocycles. The zero-order valence-corrected chi connectivity index (χ0v) is 18.8. The zero-order chi connectivity index (χ0) is 17.8. The normalized spacial score (nSPS) is 16.0. The third kappa shape index (κ3) is 10.9. The van der Waals surface area contributed by atoms with E-state index < -0.39 is 0 Å². The SMILES string of the molecule is CCNC(=NCCCN1CCCCCC1=O)NCCN(C)C(C)C.I. The number of hydrogen-bond donors (Lipinski definition) is 2. The molecule has 0 aromatic heterocycles. The summed E-state index contributed by atoms with van der Waals surface area (Å²) in [7, 11) is 2.13. The fourth-order valence-electron chi connectivity index (χ4n) is 2.68. The minimum atomic E-state index is 0. The van der Waals surface area contributed by atoms with E-state index in [2.05, 4.69) is 48.3 Å². The molecule has 1 aliphatic rings. The number of nitrogens with one attached hydrogen (secondary N) is 2. The van der Waals surface area contributed by atoms with Crippen molar-refractivity contribution in [3.8, 4) is 0 Å². The van der Waals surface area contributed by atoms with Crippen LogP contribution in [0.2, 0.25) is 0 Å². The molecule has 148 valence electrons. The van der Waals surface area contributed by atoms with Crippen LogP contribution in [-0.4, -0.2) is 74.0 Å². The number of halogens is 1. The number of amides is 1. The predicted octanol–water partition coefficient (Wildman–Crippen LogP) is 2.29. The highest BCUT2D eigenvalue weighted by Gasteiger charge is 2.15. The molecule has 6 nitrogen and oxygen atoms in total. The van der Waals surface area contributed by atoms with Crippen molar-refractivity contribution in [1.29, 1.82) is 0 Å². The molecule has 0 unspecified atom stereocenters. The maximum Gasteiger partial charge on any atom is 0.222 e. The van der Waals surface area contributed by atoms with Gasteiger partial charge in [-0.15, -0.1) is 24.0 Å². The molecule has 0 aliphatic carbocycles. The lowest BCUT2D eigenvalue weighted by Gasteiger charge is -2.22. The Morgan fingerprint density at radius 2 is 2.04 bits per heavy atom. The molecule has 1 saturated heterocycles. The van der Waals surface area contributed by atoms with E-state index in [9.17, 15) is 4.79 Å². The molecule has 1 amide bonds. The van der Waals surface area contributed by atoms with Crippen LogP contribution in [-0.2, 0) is 4.79 Å². The molecule has 25 heavy (non-hydrogen) atoms. The summed E-state index contributed by atoms with van der Waals surface area (Å²) in [6.07, 6.45) is 5.01. The maximum absolute atomic E-state index is 12.0. The molecule has 0 spiro atoms. The Hall–Kier alpha value is -0.570. The molecule has 0 atom stereocenters. The van der Waals surface area contributed by atoms with Gasteiger partial charge in [0.1, 0.15) is 0 Å². The Bertz CT molecular complexity index is 390. The topological polar surface area (TPSA) is 60.0 Å². The molecule has 0 saturated carbocycles. The number of aliphatic imine (C=N–C) groups is 1.